The van der Waals surface area contributed by atoms with E-state index in [-0.39, 0.29) is 18.5 Å². The summed E-state index contributed by atoms with van der Waals surface area (Å²) in [4.78, 5) is 13.8. The van der Waals surface area contributed by atoms with Gasteiger partial charge >= 0.3 is 0 Å². The molecule has 1 aliphatic rings. The average Bonchev–Trinajstić information content (AvgIpc) is 2.82. The summed E-state index contributed by atoms with van der Waals surface area (Å²) in [7, 11) is 0. The molecule has 104 valence electrons. The van der Waals surface area contributed by atoms with Crippen molar-refractivity contribution in [2.75, 3.05) is 25.1 Å². The largest absolute Gasteiger partial charge is 0.324 e. The highest BCUT2D eigenvalue weighted by Crippen LogP contribution is 2.29. The number of nitrogens with zero attached hydrogens (tertiary/aromatic N) is 1. The van der Waals surface area contributed by atoms with Crippen LogP contribution in [0.5, 0.6) is 0 Å². The molecule has 6 heteroatoms. The van der Waals surface area contributed by atoms with Crippen molar-refractivity contribution < 1.29 is 9.18 Å². The monoisotopic (exact) mass is 304 g/mol. The molecule has 2 rings (SSSR count). The van der Waals surface area contributed by atoms with Crippen molar-refractivity contribution in [1.29, 1.82) is 0 Å². The van der Waals surface area contributed by atoms with Crippen LogP contribution in [0.2, 0.25) is 10.0 Å². The maximum absolute atomic E-state index is 12.7. The van der Waals surface area contributed by atoms with Crippen LogP contribution in [-0.4, -0.2) is 36.6 Å². The summed E-state index contributed by atoms with van der Waals surface area (Å²) in [5.41, 5.74) is 0.482. The molecule has 1 amide bonds. The average molecular weight is 305 g/mol. The minimum Gasteiger partial charge on any atom is -0.324 e. The number of anilines is 1. The molecule has 1 aliphatic heterocycles. The fraction of sp³-hybridized carbons (Fsp3) is 0.462. The number of alkyl halides is 1. The SMILES string of the molecule is O=C(CN1CCCC1CF)Nc1cccc(Cl)c1Cl. The van der Waals surface area contributed by atoms with E-state index in [1.54, 1.807) is 18.2 Å². The number of hydrogen-bond acceptors (Lipinski definition) is 2. The third-order valence-corrected chi connectivity index (χ3v) is 4.07. The predicted octanol–water partition coefficient (Wildman–Crippen LogP) is 3.37. The van der Waals surface area contributed by atoms with Crippen LogP contribution in [0.25, 0.3) is 0 Å². The summed E-state index contributed by atoms with van der Waals surface area (Å²) in [6, 6.07) is 4.91. The fourth-order valence-electron chi connectivity index (χ4n) is 2.25. The van der Waals surface area contributed by atoms with Gasteiger partial charge < -0.3 is 5.32 Å². The van der Waals surface area contributed by atoms with E-state index in [1.165, 1.54) is 0 Å². The van der Waals surface area contributed by atoms with Crippen molar-refractivity contribution in [3.8, 4) is 0 Å². The van der Waals surface area contributed by atoms with Crippen LogP contribution in [-0.2, 0) is 4.79 Å². The van der Waals surface area contributed by atoms with Crippen LogP contribution >= 0.6 is 23.2 Å². The van der Waals surface area contributed by atoms with Gasteiger partial charge in [0.05, 0.1) is 22.3 Å². The summed E-state index contributed by atoms with van der Waals surface area (Å²) in [6.45, 7) is 0.522. The van der Waals surface area contributed by atoms with Crippen molar-refractivity contribution in [2.45, 2.75) is 18.9 Å². The number of likely N-dealkylation sites (tertiary alicyclic amines) is 1. The van der Waals surface area contributed by atoms with E-state index < -0.39 is 6.67 Å². The summed E-state index contributed by atoms with van der Waals surface area (Å²) < 4.78 is 12.7. The van der Waals surface area contributed by atoms with E-state index >= 15 is 0 Å². The van der Waals surface area contributed by atoms with Crippen molar-refractivity contribution in [2.24, 2.45) is 0 Å². The Morgan fingerprint density at radius 3 is 3.00 bits per heavy atom. The van der Waals surface area contributed by atoms with Gasteiger partial charge in [-0.1, -0.05) is 29.3 Å². The van der Waals surface area contributed by atoms with Crippen molar-refractivity contribution >= 4 is 34.8 Å². The number of rotatable bonds is 4. The highest BCUT2D eigenvalue weighted by Gasteiger charge is 2.26. The first-order valence-corrected chi connectivity index (χ1v) is 6.91. The number of nitrogens with one attached hydrogen (secondary N) is 1. The van der Waals surface area contributed by atoms with Crippen LogP contribution in [0.1, 0.15) is 12.8 Å². The Hall–Kier alpha value is -0.840. The van der Waals surface area contributed by atoms with Gasteiger partial charge in [-0.2, -0.15) is 0 Å². The van der Waals surface area contributed by atoms with Crippen LogP contribution in [0.15, 0.2) is 18.2 Å². The predicted molar refractivity (Wildman–Crippen MR) is 75.7 cm³/mol. The molecule has 1 atom stereocenters. The lowest BCUT2D eigenvalue weighted by atomic mass is 10.2. The zero-order chi connectivity index (χ0) is 13.8. The van der Waals surface area contributed by atoms with E-state index in [1.807, 2.05) is 4.90 Å². The maximum Gasteiger partial charge on any atom is 0.238 e. The smallest absolute Gasteiger partial charge is 0.238 e. The second-order valence-corrected chi connectivity index (χ2v) is 5.36. The van der Waals surface area contributed by atoms with E-state index in [2.05, 4.69) is 5.32 Å². The zero-order valence-corrected chi connectivity index (χ0v) is 11.8. The third kappa shape index (κ3) is 3.59. The Labute approximate surface area is 121 Å². The fourth-order valence-corrected chi connectivity index (χ4v) is 2.60. The molecule has 1 heterocycles. The Kier molecular flexibility index (Phi) is 5.02. The van der Waals surface area contributed by atoms with Gasteiger partial charge in [-0.3, -0.25) is 9.69 Å². The van der Waals surface area contributed by atoms with Gasteiger partial charge in [-0.25, -0.2) is 4.39 Å². The normalized spacial score (nSPS) is 19.6. The topological polar surface area (TPSA) is 32.3 Å². The molecular weight excluding hydrogens is 290 g/mol. The second kappa shape index (κ2) is 6.55. The van der Waals surface area contributed by atoms with Gasteiger partial charge in [-0.05, 0) is 31.5 Å². The molecule has 0 spiro atoms. The highest BCUT2D eigenvalue weighted by atomic mass is 35.5. The molecule has 3 nitrogen and oxygen atoms in total. The Bertz CT molecular complexity index is 470. The number of carbonyl (C=O) groups is 1. The first kappa shape index (κ1) is 14.6. The van der Waals surface area contributed by atoms with E-state index in [4.69, 9.17) is 23.2 Å². The first-order chi connectivity index (χ1) is 9.11. The van der Waals surface area contributed by atoms with Gasteiger partial charge in [0.1, 0.15) is 6.67 Å². The van der Waals surface area contributed by atoms with E-state index in [9.17, 15) is 9.18 Å². The van der Waals surface area contributed by atoms with Gasteiger partial charge in [0.15, 0.2) is 0 Å². The zero-order valence-electron chi connectivity index (χ0n) is 10.3. The number of amides is 1. The van der Waals surface area contributed by atoms with Crippen LogP contribution in [0, 0.1) is 0 Å². The molecule has 1 aromatic rings. The van der Waals surface area contributed by atoms with Crippen LogP contribution < -0.4 is 5.32 Å². The Morgan fingerprint density at radius 1 is 1.47 bits per heavy atom. The first-order valence-electron chi connectivity index (χ1n) is 6.15. The summed E-state index contributed by atoms with van der Waals surface area (Å²) in [5.74, 6) is -0.204. The minimum atomic E-state index is -0.412. The van der Waals surface area contributed by atoms with Gasteiger partial charge in [0.2, 0.25) is 5.91 Å². The molecule has 0 bridgehead atoms. The molecule has 1 N–H and O–H groups in total. The van der Waals surface area contributed by atoms with Gasteiger partial charge in [-0.15, -0.1) is 0 Å². The lowest BCUT2D eigenvalue weighted by Crippen LogP contribution is -2.37. The Morgan fingerprint density at radius 2 is 2.26 bits per heavy atom. The highest BCUT2D eigenvalue weighted by molar-refractivity contribution is 6.43. The molecule has 19 heavy (non-hydrogen) atoms. The maximum atomic E-state index is 12.7. The Balaban J connectivity index is 1.96. The summed E-state index contributed by atoms with van der Waals surface area (Å²) >= 11 is 11.9. The molecule has 1 saturated heterocycles. The van der Waals surface area contributed by atoms with Crippen molar-refractivity contribution in [3.63, 3.8) is 0 Å². The number of hydrogen-bond donors (Lipinski definition) is 1. The molecule has 1 fully saturated rings. The minimum absolute atomic E-state index is 0.138. The molecule has 0 aliphatic carbocycles. The summed E-state index contributed by atoms with van der Waals surface area (Å²) in [5, 5.41) is 3.41. The number of carbonyl (C=O) groups excluding carboxylic acids is 1. The van der Waals surface area contributed by atoms with Crippen molar-refractivity contribution in [3.05, 3.63) is 28.2 Å². The van der Waals surface area contributed by atoms with Gasteiger partial charge in [0, 0.05) is 6.04 Å². The van der Waals surface area contributed by atoms with Crippen LogP contribution in [0.4, 0.5) is 10.1 Å². The molecule has 0 aromatic heterocycles. The summed E-state index contributed by atoms with van der Waals surface area (Å²) in [6.07, 6.45) is 1.74. The lowest BCUT2D eigenvalue weighted by Gasteiger charge is -2.21. The third-order valence-electron chi connectivity index (χ3n) is 3.25. The molecular formula is C13H15Cl2FN2O. The van der Waals surface area contributed by atoms with E-state index in [0.717, 1.165) is 19.4 Å². The molecule has 1 unspecified atom stereocenters. The number of benzene rings is 1. The van der Waals surface area contributed by atoms with Crippen molar-refractivity contribution in [1.82, 2.24) is 4.90 Å². The lowest BCUT2D eigenvalue weighted by molar-refractivity contribution is -0.117. The van der Waals surface area contributed by atoms with Gasteiger partial charge in [0.25, 0.3) is 0 Å². The quantitative estimate of drug-likeness (QED) is 0.925. The standard InChI is InChI=1S/C13H15Cl2FN2O/c14-10-4-1-5-11(13(10)15)17-12(19)8-18-6-2-3-9(18)7-16/h1,4-5,9H,2-3,6-8H2,(H,17,19). The number of halogens is 3. The second-order valence-electron chi connectivity index (χ2n) is 4.57. The molecule has 0 saturated carbocycles. The molecule has 0 radical (unpaired) electrons. The van der Waals surface area contributed by atoms with Crippen LogP contribution in [0.3, 0.4) is 0 Å². The molecule has 1 aromatic carbocycles. The van der Waals surface area contributed by atoms with E-state index in [0.29, 0.717) is 15.7 Å².